The fourth-order valence-corrected chi connectivity index (χ4v) is 4.57. The molecule has 1 aliphatic carbocycles. The zero-order valence-electron chi connectivity index (χ0n) is 19.3. The van der Waals surface area contributed by atoms with Crippen molar-refractivity contribution in [2.45, 2.75) is 25.9 Å². The number of allylic oxidation sites excluding steroid dienone is 1. The zero-order valence-corrected chi connectivity index (χ0v) is 19.3. The molecular weight excluding hydrogens is 454 g/mol. The molecule has 0 unspecified atom stereocenters. The summed E-state index contributed by atoms with van der Waals surface area (Å²) in [5.74, 6) is -0.450. The van der Waals surface area contributed by atoms with Gasteiger partial charge >= 0.3 is 5.97 Å². The highest BCUT2D eigenvalue weighted by atomic mass is 16.6. The number of carbonyl (C=O) groups excluding carboxylic acids is 1. The van der Waals surface area contributed by atoms with E-state index in [1.807, 2.05) is 36.4 Å². The van der Waals surface area contributed by atoms with Crippen LogP contribution in [-0.2, 0) is 17.8 Å². The van der Waals surface area contributed by atoms with Gasteiger partial charge in [-0.1, -0.05) is 36.4 Å². The normalized spacial score (nSPS) is 13.7. The summed E-state index contributed by atoms with van der Waals surface area (Å²) in [6.45, 7) is -0.000515. The van der Waals surface area contributed by atoms with Crippen LogP contribution in [0.3, 0.4) is 0 Å². The highest BCUT2D eigenvalue weighted by Crippen LogP contribution is 2.36. The molecule has 0 atom stereocenters. The largest absolute Gasteiger partial charge is 0.457 e. The Morgan fingerprint density at radius 2 is 1.81 bits per heavy atom. The average Bonchev–Trinajstić information content (AvgIpc) is 2.91. The van der Waals surface area contributed by atoms with E-state index < -0.39 is 10.9 Å². The summed E-state index contributed by atoms with van der Waals surface area (Å²) in [6.07, 6.45) is 4.27. The molecule has 1 aliphatic rings. The second-order valence-electron chi connectivity index (χ2n) is 8.55. The van der Waals surface area contributed by atoms with Crippen molar-refractivity contribution in [1.29, 1.82) is 5.26 Å². The van der Waals surface area contributed by atoms with E-state index in [0.29, 0.717) is 28.6 Å². The Morgan fingerprint density at radius 1 is 1.06 bits per heavy atom. The first-order valence-electron chi connectivity index (χ1n) is 11.6. The van der Waals surface area contributed by atoms with E-state index in [1.54, 1.807) is 30.3 Å². The second kappa shape index (κ2) is 9.80. The number of para-hydroxylation sites is 1. The quantitative estimate of drug-likeness (QED) is 0.192. The fraction of sp³-hybridized carbons (Fsp3) is 0.138. The maximum absolute atomic E-state index is 13.5. The summed E-state index contributed by atoms with van der Waals surface area (Å²) in [4.78, 5) is 28.9. The van der Waals surface area contributed by atoms with Crippen LogP contribution >= 0.6 is 0 Å². The van der Waals surface area contributed by atoms with Crippen molar-refractivity contribution in [2.24, 2.45) is 0 Å². The molecule has 3 aromatic carbocycles. The molecule has 0 N–H and O–H groups in total. The summed E-state index contributed by atoms with van der Waals surface area (Å²) in [6, 6.07) is 23.1. The smallest absolute Gasteiger partial charge is 0.339 e. The SMILES string of the molecule is N#Cc1ccccc1COC(=O)c1c2c(nc3ccccc13)C(=Cc1ccc([N+](=O)[O-])cc1)CCC2. The molecule has 7 heteroatoms. The van der Waals surface area contributed by atoms with Crippen LogP contribution < -0.4 is 0 Å². The molecule has 0 saturated carbocycles. The average molecular weight is 476 g/mol. The van der Waals surface area contributed by atoms with Crippen LogP contribution in [0.2, 0.25) is 0 Å². The van der Waals surface area contributed by atoms with Gasteiger partial charge in [-0.25, -0.2) is 9.78 Å². The van der Waals surface area contributed by atoms with Crippen molar-refractivity contribution in [1.82, 2.24) is 4.98 Å². The fourth-order valence-electron chi connectivity index (χ4n) is 4.57. The number of fused-ring (bicyclic) bond motifs is 2. The van der Waals surface area contributed by atoms with Gasteiger partial charge in [0.25, 0.3) is 5.69 Å². The van der Waals surface area contributed by atoms with Crippen molar-refractivity contribution < 1.29 is 14.5 Å². The van der Waals surface area contributed by atoms with Crippen LogP contribution in [-0.4, -0.2) is 15.9 Å². The lowest BCUT2D eigenvalue weighted by Gasteiger charge is -2.22. The molecule has 0 radical (unpaired) electrons. The van der Waals surface area contributed by atoms with Crippen molar-refractivity contribution in [3.05, 3.63) is 116 Å². The topological polar surface area (TPSA) is 106 Å². The summed E-state index contributed by atoms with van der Waals surface area (Å²) in [7, 11) is 0. The van der Waals surface area contributed by atoms with E-state index in [2.05, 4.69) is 6.07 Å². The van der Waals surface area contributed by atoms with E-state index >= 15 is 0 Å². The first-order valence-corrected chi connectivity index (χ1v) is 11.6. The van der Waals surface area contributed by atoms with Crippen LogP contribution in [0.15, 0.2) is 72.8 Å². The summed E-state index contributed by atoms with van der Waals surface area (Å²) in [5.41, 5.74) is 5.74. The van der Waals surface area contributed by atoms with Crippen LogP contribution in [0.5, 0.6) is 0 Å². The van der Waals surface area contributed by atoms with Gasteiger partial charge in [0.05, 0.1) is 33.3 Å². The molecule has 4 aromatic rings. The first kappa shape index (κ1) is 22.9. The maximum atomic E-state index is 13.5. The Morgan fingerprint density at radius 3 is 2.58 bits per heavy atom. The van der Waals surface area contributed by atoms with Gasteiger partial charge < -0.3 is 4.74 Å². The minimum Gasteiger partial charge on any atom is -0.457 e. The molecule has 176 valence electrons. The molecule has 0 bridgehead atoms. The molecule has 0 saturated heterocycles. The van der Waals surface area contributed by atoms with Gasteiger partial charge in [-0.3, -0.25) is 10.1 Å². The number of rotatable bonds is 5. The summed E-state index contributed by atoms with van der Waals surface area (Å²) in [5, 5.41) is 21.1. The van der Waals surface area contributed by atoms with Crippen LogP contribution in [0.1, 0.15) is 51.1 Å². The third-order valence-electron chi connectivity index (χ3n) is 6.32. The van der Waals surface area contributed by atoms with Gasteiger partial charge in [-0.05, 0) is 66.3 Å². The molecule has 5 rings (SSSR count). The Labute approximate surface area is 207 Å². The van der Waals surface area contributed by atoms with E-state index in [9.17, 15) is 20.2 Å². The van der Waals surface area contributed by atoms with Crippen LogP contribution in [0.4, 0.5) is 5.69 Å². The van der Waals surface area contributed by atoms with E-state index in [4.69, 9.17) is 9.72 Å². The number of nitro groups is 1. The van der Waals surface area contributed by atoms with E-state index in [0.717, 1.165) is 40.6 Å². The Bertz CT molecular complexity index is 1570. The lowest BCUT2D eigenvalue weighted by Crippen LogP contribution is -2.15. The van der Waals surface area contributed by atoms with E-state index in [-0.39, 0.29) is 12.3 Å². The number of pyridine rings is 1. The molecule has 0 fully saturated rings. The number of nitriles is 1. The van der Waals surface area contributed by atoms with Crippen LogP contribution in [0.25, 0.3) is 22.6 Å². The van der Waals surface area contributed by atoms with Gasteiger partial charge in [0.15, 0.2) is 0 Å². The Balaban J connectivity index is 1.55. The number of hydrogen-bond acceptors (Lipinski definition) is 6. The lowest BCUT2D eigenvalue weighted by atomic mass is 9.86. The molecule has 0 spiro atoms. The number of non-ortho nitro benzene ring substituents is 1. The van der Waals surface area contributed by atoms with Crippen molar-refractivity contribution in [3.63, 3.8) is 0 Å². The zero-order chi connectivity index (χ0) is 25.1. The minimum absolute atomic E-state index is 0.000515. The standard InChI is InChI=1S/C29H21N3O4/c30-17-21-6-1-2-7-22(21)18-36-29(33)27-24-9-3-4-11-26(24)31-28-20(8-5-10-25(27)28)16-19-12-14-23(15-13-19)32(34)35/h1-4,6-7,9,11-16H,5,8,10,18H2. The number of nitro benzene ring substituents is 1. The third kappa shape index (κ3) is 4.44. The Kier molecular flexibility index (Phi) is 6.25. The number of nitrogens with zero attached hydrogens (tertiary/aromatic N) is 3. The van der Waals surface area contributed by atoms with Crippen molar-refractivity contribution in [3.8, 4) is 6.07 Å². The van der Waals surface area contributed by atoms with Crippen molar-refractivity contribution in [2.75, 3.05) is 0 Å². The van der Waals surface area contributed by atoms with Gasteiger partial charge in [-0.15, -0.1) is 0 Å². The molecule has 7 nitrogen and oxygen atoms in total. The highest BCUT2D eigenvalue weighted by molar-refractivity contribution is 6.06. The number of carbonyl (C=O) groups is 1. The maximum Gasteiger partial charge on any atom is 0.339 e. The summed E-state index contributed by atoms with van der Waals surface area (Å²) >= 11 is 0. The third-order valence-corrected chi connectivity index (χ3v) is 6.32. The van der Waals surface area contributed by atoms with Crippen LogP contribution in [0, 0.1) is 21.4 Å². The van der Waals surface area contributed by atoms with Gasteiger partial charge in [-0.2, -0.15) is 5.26 Å². The number of esters is 1. The molecule has 0 amide bonds. The predicted octanol–water partition coefficient (Wildman–Crippen LogP) is 6.25. The minimum atomic E-state index is -0.450. The number of ether oxygens (including phenoxy) is 1. The predicted molar refractivity (Wildman–Crippen MR) is 136 cm³/mol. The van der Waals surface area contributed by atoms with Gasteiger partial charge in [0.1, 0.15) is 6.61 Å². The van der Waals surface area contributed by atoms with E-state index in [1.165, 1.54) is 12.1 Å². The molecular formula is C29H21N3O4. The first-order chi connectivity index (χ1) is 17.5. The molecule has 0 aliphatic heterocycles. The number of hydrogen-bond donors (Lipinski definition) is 0. The van der Waals surface area contributed by atoms with Gasteiger partial charge in [0.2, 0.25) is 0 Å². The van der Waals surface area contributed by atoms with Gasteiger partial charge in [0, 0.05) is 23.1 Å². The monoisotopic (exact) mass is 475 g/mol. The lowest BCUT2D eigenvalue weighted by molar-refractivity contribution is -0.384. The molecule has 36 heavy (non-hydrogen) atoms. The molecule has 1 heterocycles. The highest BCUT2D eigenvalue weighted by Gasteiger charge is 2.26. The Hall–Kier alpha value is -4.83. The second-order valence-corrected chi connectivity index (χ2v) is 8.55. The van der Waals surface area contributed by atoms with Crippen molar-refractivity contribution >= 4 is 34.2 Å². The number of benzene rings is 3. The molecule has 1 aromatic heterocycles. The summed E-state index contributed by atoms with van der Waals surface area (Å²) < 4.78 is 5.72. The number of aromatic nitrogens is 1.